The van der Waals surface area contributed by atoms with Crippen molar-refractivity contribution < 1.29 is 17.9 Å². The molecule has 0 radical (unpaired) electrons. The predicted octanol–water partition coefficient (Wildman–Crippen LogP) is 4.06. The fraction of sp³-hybridized carbons (Fsp3) is 0.304. The minimum absolute atomic E-state index is 0.0000159. The van der Waals surface area contributed by atoms with Gasteiger partial charge in [0, 0.05) is 36.6 Å². The summed E-state index contributed by atoms with van der Waals surface area (Å²) in [6.45, 7) is 7.04. The van der Waals surface area contributed by atoms with Crippen LogP contribution in [0.1, 0.15) is 37.6 Å². The molecule has 9 nitrogen and oxygen atoms in total. The summed E-state index contributed by atoms with van der Waals surface area (Å²) in [7, 11) is -4.29. The third-order valence-corrected chi connectivity index (χ3v) is 7.54. The lowest BCUT2D eigenvalue weighted by molar-refractivity contribution is 0.0981. The standard InChI is InChI=1S/C23H24ClN5O4S/c1-15-11-13-29(23(15,2)3)21-17(6-5-12-25-21)22(30)28-34(31,32)20-8-4-7-19(27-20)33-18-10-9-16(24)14-26-18/h4-10,12,14-15H,11,13H2,1-3H3,(H,28,30). The Morgan fingerprint density at radius 2 is 1.94 bits per heavy atom. The summed E-state index contributed by atoms with van der Waals surface area (Å²) in [5.74, 6) is 0.239. The monoisotopic (exact) mass is 501 g/mol. The van der Waals surface area contributed by atoms with Gasteiger partial charge >= 0.3 is 0 Å². The zero-order chi connectivity index (χ0) is 24.5. The number of ether oxygens (including phenoxy) is 1. The van der Waals surface area contributed by atoms with Crippen LogP contribution in [0, 0.1) is 5.92 Å². The quantitative estimate of drug-likeness (QED) is 0.537. The number of aromatic nitrogens is 3. The highest BCUT2D eigenvalue weighted by molar-refractivity contribution is 7.90. The highest BCUT2D eigenvalue weighted by Crippen LogP contribution is 2.38. The molecule has 178 valence electrons. The molecule has 11 heteroatoms. The van der Waals surface area contributed by atoms with E-state index in [1.807, 2.05) is 4.90 Å². The van der Waals surface area contributed by atoms with Gasteiger partial charge in [0.2, 0.25) is 11.8 Å². The van der Waals surface area contributed by atoms with Gasteiger partial charge < -0.3 is 9.64 Å². The summed E-state index contributed by atoms with van der Waals surface area (Å²) in [6, 6.07) is 10.5. The third kappa shape index (κ3) is 4.83. The van der Waals surface area contributed by atoms with E-state index in [1.165, 1.54) is 30.5 Å². The number of halogens is 1. The maximum absolute atomic E-state index is 13.1. The first-order valence-electron chi connectivity index (χ1n) is 10.6. The van der Waals surface area contributed by atoms with Crippen molar-refractivity contribution in [3.8, 4) is 11.8 Å². The number of nitrogens with zero attached hydrogens (tertiary/aromatic N) is 4. The molecule has 1 aliphatic rings. The molecule has 1 aliphatic heterocycles. The van der Waals surface area contributed by atoms with Crippen molar-refractivity contribution >= 4 is 33.3 Å². The molecular formula is C23H24ClN5O4S. The van der Waals surface area contributed by atoms with Crippen LogP contribution in [0.4, 0.5) is 5.82 Å². The van der Waals surface area contributed by atoms with Crippen LogP contribution in [0.2, 0.25) is 5.02 Å². The van der Waals surface area contributed by atoms with E-state index in [0.29, 0.717) is 16.8 Å². The molecule has 1 unspecified atom stereocenters. The summed E-state index contributed by atoms with van der Waals surface area (Å²) in [5.41, 5.74) is -0.0587. The summed E-state index contributed by atoms with van der Waals surface area (Å²) in [4.78, 5) is 27.5. The van der Waals surface area contributed by atoms with Crippen molar-refractivity contribution in [1.82, 2.24) is 19.7 Å². The van der Waals surface area contributed by atoms with Crippen LogP contribution in [0.5, 0.6) is 11.8 Å². The van der Waals surface area contributed by atoms with Gasteiger partial charge in [-0.15, -0.1) is 0 Å². The summed E-state index contributed by atoms with van der Waals surface area (Å²) < 4.78 is 33.5. The van der Waals surface area contributed by atoms with Crippen molar-refractivity contribution in [2.45, 2.75) is 37.8 Å². The second-order valence-electron chi connectivity index (χ2n) is 8.53. The average molecular weight is 502 g/mol. The molecular weight excluding hydrogens is 478 g/mol. The van der Waals surface area contributed by atoms with Crippen molar-refractivity contribution in [1.29, 1.82) is 0 Å². The first-order chi connectivity index (χ1) is 16.1. The number of anilines is 1. The smallest absolute Gasteiger partial charge is 0.281 e. The molecule has 1 N–H and O–H groups in total. The Morgan fingerprint density at radius 3 is 2.62 bits per heavy atom. The molecule has 34 heavy (non-hydrogen) atoms. The Morgan fingerprint density at radius 1 is 1.15 bits per heavy atom. The van der Waals surface area contributed by atoms with E-state index in [1.54, 1.807) is 24.4 Å². The van der Waals surface area contributed by atoms with Gasteiger partial charge in [0.1, 0.15) is 5.82 Å². The number of rotatable bonds is 6. The van der Waals surface area contributed by atoms with E-state index in [2.05, 4.69) is 40.4 Å². The fourth-order valence-electron chi connectivity index (χ4n) is 3.76. The highest BCUT2D eigenvalue weighted by atomic mass is 35.5. The molecule has 1 atom stereocenters. The molecule has 4 heterocycles. The van der Waals surface area contributed by atoms with E-state index in [4.69, 9.17) is 16.3 Å². The van der Waals surface area contributed by atoms with E-state index >= 15 is 0 Å². The van der Waals surface area contributed by atoms with Crippen LogP contribution in [-0.4, -0.2) is 41.4 Å². The molecule has 0 bridgehead atoms. The van der Waals surface area contributed by atoms with Gasteiger partial charge in [-0.25, -0.2) is 14.7 Å². The second kappa shape index (κ2) is 9.19. The van der Waals surface area contributed by atoms with Gasteiger partial charge in [-0.2, -0.15) is 13.4 Å². The highest BCUT2D eigenvalue weighted by Gasteiger charge is 2.40. The molecule has 1 fully saturated rings. The van der Waals surface area contributed by atoms with Crippen molar-refractivity contribution in [3.63, 3.8) is 0 Å². The lowest BCUT2D eigenvalue weighted by Crippen LogP contribution is -2.43. The molecule has 1 amide bonds. The van der Waals surface area contributed by atoms with Gasteiger partial charge in [-0.3, -0.25) is 4.79 Å². The first kappa shape index (κ1) is 23.9. The van der Waals surface area contributed by atoms with Crippen LogP contribution in [0.3, 0.4) is 0 Å². The number of nitrogens with one attached hydrogen (secondary N) is 1. The minimum Gasteiger partial charge on any atom is -0.421 e. The molecule has 3 aromatic heterocycles. The molecule has 0 spiro atoms. The molecule has 4 rings (SSSR count). The second-order valence-corrected chi connectivity index (χ2v) is 10.6. The van der Waals surface area contributed by atoms with Crippen molar-refractivity contribution in [2.75, 3.05) is 11.4 Å². The lowest BCUT2D eigenvalue weighted by atomic mass is 9.90. The van der Waals surface area contributed by atoms with E-state index < -0.39 is 15.9 Å². The number of sulfonamides is 1. The van der Waals surface area contributed by atoms with Crippen LogP contribution in [0.15, 0.2) is 59.9 Å². The predicted molar refractivity (Wildman–Crippen MR) is 128 cm³/mol. The van der Waals surface area contributed by atoms with Crippen molar-refractivity contribution in [2.24, 2.45) is 5.92 Å². The number of carbonyl (C=O) groups excluding carboxylic acids is 1. The summed E-state index contributed by atoms with van der Waals surface area (Å²) in [5, 5.41) is 0.0637. The Bertz CT molecular complexity index is 1310. The van der Waals surface area contributed by atoms with Gasteiger partial charge in [0.05, 0.1) is 10.6 Å². The van der Waals surface area contributed by atoms with Crippen LogP contribution in [-0.2, 0) is 10.0 Å². The lowest BCUT2D eigenvalue weighted by Gasteiger charge is -2.36. The Hall–Kier alpha value is -3.24. The van der Waals surface area contributed by atoms with Crippen LogP contribution >= 0.6 is 11.6 Å². The molecule has 0 aliphatic carbocycles. The van der Waals surface area contributed by atoms with E-state index in [0.717, 1.165) is 13.0 Å². The number of amides is 1. The van der Waals surface area contributed by atoms with Crippen LogP contribution < -0.4 is 14.4 Å². The third-order valence-electron chi connectivity index (χ3n) is 6.08. The number of hydrogen-bond acceptors (Lipinski definition) is 8. The maximum atomic E-state index is 13.1. The molecule has 1 saturated heterocycles. The SMILES string of the molecule is CC1CCN(c2ncccc2C(=O)NS(=O)(=O)c2cccc(Oc3ccc(Cl)cn3)n2)C1(C)C. The number of carbonyl (C=O) groups is 1. The summed E-state index contributed by atoms with van der Waals surface area (Å²) >= 11 is 5.81. The fourth-order valence-corrected chi connectivity index (χ4v) is 4.80. The largest absolute Gasteiger partial charge is 0.421 e. The maximum Gasteiger partial charge on any atom is 0.281 e. The van der Waals surface area contributed by atoms with E-state index in [9.17, 15) is 13.2 Å². The van der Waals surface area contributed by atoms with Crippen molar-refractivity contribution in [3.05, 3.63) is 65.4 Å². The van der Waals surface area contributed by atoms with Gasteiger partial charge in [-0.1, -0.05) is 24.6 Å². The first-order valence-corrected chi connectivity index (χ1v) is 12.5. The van der Waals surface area contributed by atoms with Gasteiger partial charge in [0.25, 0.3) is 15.9 Å². The summed E-state index contributed by atoms with van der Waals surface area (Å²) in [6.07, 6.45) is 3.93. The minimum atomic E-state index is -4.29. The van der Waals surface area contributed by atoms with E-state index in [-0.39, 0.29) is 27.9 Å². The zero-order valence-electron chi connectivity index (χ0n) is 18.9. The normalized spacial score (nSPS) is 17.4. The van der Waals surface area contributed by atoms with Gasteiger partial charge in [-0.05, 0) is 50.5 Å². The molecule has 0 aromatic carbocycles. The number of pyridine rings is 3. The van der Waals surface area contributed by atoms with Gasteiger partial charge in [0.15, 0.2) is 5.03 Å². The molecule has 0 saturated carbocycles. The Kier molecular flexibility index (Phi) is 6.46. The Balaban J connectivity index is 1.57. The Labute approximate surface area is 203 Å². The zero-order valence-corrected chi connectivity index (χ0v) is 20.5. The average Bonchev–Trinajstić information content (AvgIpc) is 3.07. The topological polar surface area (TPSA) is 114 Å². The van der Waals surface area contributed by atoms with Crippen LogP contribution in [0.25, 0.3) is 0 Å². The molecule has 3 aromatic rings. The number of hydrogen-bond donors (Lipinski definition) is 1.